The van der Waals surface area contributed by atoms with E-state index in [-0.39, 0.29) is 24.8 Å². The first kappa shape index (κ1) is 16.2. The Bertz CT molecular complexity index is 248. The number of aromatic nitrogens is 1. The first-order valence-electron chi connectivity index (χ1n) is 3.77. The molecule has 0 amide bonds. The minimum Gasteiger partial charge on any atom is -0.478 e. The van der Waals surface area contributed by atoms with Gasteiger partial charge in [-0.1, -0.05) is 11.6 Å². The second-order valence-electron chi connectivity index (χ2n) is 2.30. The van der Waals surface area contributed by atoms with Crippen molar-refractivity contribution in [3.63, 3.8) is 0 Å². The van der Waals surface area contributed by atoms with Gasteiger partial charge in [-0.05, 0) is 19.0 Å². The molecule has 0 aliphatic heterocycles. The Morgan fingerprint density at radius 2 is 2.14 bits per heavy atom. The van der Waals surface area contributed by atoms with Crippen LogP contribution in [0.3, 0.4) is 0 Å². The Morgan fingerprint density at radius 1 is 1.43 bits per heavy atom. The Morgan fingerprint density at radius 3 is 2.71 bits per heavy atom. The maximum atomic E-state index is 5.71. The standard InChI is InChI=1S/C8H11ClN2O.2ClH/c9-7-2-4-11-8(6-7)12-5-1-3-10;;/h2,4,6H,1,3,5,10H2;2*1H. The molecule has 0 aliphatic carbocycles. The summed E-state index contributed by atoms with van der Waals surface area (Å²) in [5, 5.41) is 0.632. The lowest BCUT2D eigenvalue weighted by atomic mass is 10.4. The summed E-state index contributed by atoms with van der Waals surface area (Å²) in [5.41, 5.74) is 5.30. The molecular formula is C8H13Cl3N2O. The van der Waals surface area contributed by atoms with Crippen molar-refractivity contribution in [2.75, 3.05) is 13.2 Å². The van der Waals surface area contributed by atoms with E-state index < -0.39 is 0 Å². The van der Waals surface area contributed by atoms with Crippen molar-refractivity contribution >= 4 is 36.4 Å². The topological polar surface area (TPSA) is 48.1 Å². The summed E-state index contributed by atoms with van der Waals surface area (Å²) >= 11 is 5.71. The highest BCUT2D eigenvalue weighted by Gasteiger charge is 1.94. The highest BCUT2D eigenvalue weighted by molar-refractivity contribution is 6.30. The smallest absolute Gasteiger partial charge is 0.214 e. The molecule has 6 heteroatoms. The highest BCUT2D eigenvalue weighted by atomic mass is 35.5. The molecule has 0 aromatic carbocycles. The maximum Gasteiger partial charge on any atom is 0.214 e. The molecule has 3 nitrogen and oxygen atoms in total. The van der Waals surface area contributed by atoms with Crippen LogP contribution in [0, 0.1) is 0 Å². The lowest BCUT2D eigenvalue weighted by Crippen LogP contribution is -2.06. The second kappa shape index (κ2) is 9.34. The first-order chi connectivity index (χ1) is 5.83. The fourth-order valence-corrected chi connectivity index (χ4v) is 0.874. The van der Waals surface area contributed by atoms with Crippen LogP contribution >= 0.6 is 36.4 Å². The molecule has 0 bridgehead atoms. The van der Waals surface area contributed by atoms with Crippen LogP contribution in [0.4, 0.5) is 0 Å². The molecule has 1 rings (SSSR count). The van der Waals surface area contributed by atoms with Gasteiger partial charge in [-0.25, -0.2) is 4.98 Å². The van der Waals surface area contributed by atoms with Gasteiger partial charge in [0, 0.05) is 17.3 Å². The molecule has 0 atom stereocenters. The van der Waals surface area contributed by atoms with Crippen LogP contribution in [0.1, 0.15) is 6.42 Å². The monoisotopic (exact) mass is 258 g/mol. The summed E-state index contributed by atoms with van der Waals surface area (Å²) < 4.78 is 5.25. The third-order valence-corrected chi connectivity index (χ3v) is 1.53. The normalized spacial score (nSPS) is 8.43. The Hall–Kier alpha value is -0.220. The molecule has 82 valence electrons. The molecule has 0 saturated heterocycles. The van der Waals surface area contributed by atoms with E-state index in [9.17, 15) is 0 Å². The summed E-state index contributed by atoms with van der Waals surface area (Å²) in [6.45, 7) is 1.21. The van der Waals surface area contributed by atoms with E-state index in [4.69, 9.17) is 22.1 Å². The molecule has 1 aromatic heterocycles. The van der Waals surface area contributed by atoms with Crippen molar-refractivity contribution in [3.8, 4) is 5.88 Å². The van der Waals surface area contributed by atoms with Crippen LogP contribution in [0.25, 0.3) is 0 Å². The molecule has 0 aliphatic rings. The molecule has 0 saturated carbocycles. The van der Waals surface area contributed by atoms with Gasteiger partial charge in [-0.15, -0.1) is 24.8 Å². The zero-order valence-electron chi connectivity index (χ0n) is 7.48. The number of ether oxygens (including phenoxy) is 1. The number of nitrogens with two attached hydrogens (primary N) is 1. The van der Waals surface area contributed by atoms with Gasteiger partial charge in [-0.3, -0.25) is 0 Å². The summed E-state index contributed by atoms with van der Waals surface area (Å²) in [5.74, 6) is 0.552. The number of hydrogen-bond acceptors (Lipinski definition) is 3. The average Bonchev–Trinajstić information content (AvgIpc) is 2.05. The summed E-state index contributed by atoms with van der Waals surface area (Å²) in [7, 11) is 0. The van der Waals surface area contributed by atoms with Crippen molar-refractivity contribution in [1.82, 2.24) is 4.98 Å². The van der Waals surface area contributed by atoms with Crippen LogP contribution in [-0.4, -0.2) is 18.1 Å². The predicted octanol–water partition coefficient (Wildman–Crippen LogP) is 2.31. The summed E-state index contributed by atoms with van der Waals surface area (Å²) in [4.78, 5) is 3.96. The van der Waals surface area contributed by atoms with Gasteiger partial charge in [0.25, 0.3) is 0 Å². The quantitative estimate of drug-likeness (QED) is 0.844. The number of rotatable bonds is 4. The van der Waals surface area contributed by atoms with Crippen molar-refractivity contribution in [3.05, 3.63) is 23.4 Å². The Balaban J connectivity index is 0. The van der Waals surface area contributed by atoms with Crippen LogP contribution in [0.5, 0.6) is 5.88 Å². The molecule has 14 heavy (non-hydrogen) atoms. The van der Waals surface area contributed by atoms with Crippen molar-refractivity contribution in [2.24, 2.45) is 5.73 Å². The zero-order chi connectivity index (χ0) is 8.81. The number of hydrogen-bond donors (Lipinski definition) is 1. The molecule has 0 unspecified atom stereocenters. The summed E-state index contributed by atoms with van der Waals surface area (Å²) in [6.07, 6.45) is 2.44. The predicted molar refractivity (Wildman–Crippen MR) is 62.9 cm³/mol. The third kappa shape index (κ3) is 6.27. The van der Waals surface area contributed by atoms with E-state index in [2.05, 4.69) is 4.98 Å². The maximum absolute atomic E-state index is 5.71. The minimum atomic E-state index is 0. The van der Waals surface area contributed by atoms with Gasteiger partial charge in [0.05, 0.1) is 6.61 Å². The third-order valence-electron chi connectivity index (χ3n) is 1.30. The largest absolute Gasteiger partial charge is 0.478 e. The molecule has 0 radical (unpaired) electrons. The Labute approximate surface area is 101 Å². The van der Waals surface area contributed by atoms with Crippen LogP contribution in [-0.2, 0) is 0 Å². The molecule has 1 aromatic rings. The molecule has 0 spiro atoms. The van der Waals surface area contributed by atoms with E-state index >= 15 is 0 Å². The van der Waals surface area contributed by atoms with Crippen LogP contribution in [0.15, 0.2) is 18.3 Å². The molecule has 0 fully saturated rings. The molecule has 2 N–H and O–H groups in total. The lowest BCUT2D eigenvalue weighted by Gasteiger charge is -2.02. The highest BCUT2D eigenvalue weighted by Crippen LogP contribution is 2.13. The SMILES string of the molecule is Cl.Cl.NCCCOc1cc(Cl)ccn1. The van der Waals surface area contributed by atoms with Gasteiger partial charge < -0.3 is 10.5 Å². The van der Waals surface area contributed by atoms with E-state index in [0.717, 1.165) is 6.42 Å². The Kier molecular flexibility index (Phi) is 10.8. The first-order valence-corrected chi connectivity index (χ1v) is 4.15. The van der Waals surface area contributed by atoms with Gasteiger partial charge in [0.1, 0.15) is 0 Å². The fourth-order valence-electron chi connectivity index (χ4n) is 0.724. The number of halogens is 3. The summed E-state index contributed by atoms with van der Waals surface area (Å²) in [6, 6.07) is 3.38. The van der Waals surface area contributed by atoms with Gasteiger partial charge in [-0.2, -0.15) is 0 Å². The van der Waals surface area contributed by atoms with Crippen molar-refractivity contribution in [1.29, 1.82) is 0 Å². The average molecular weight is 260 g/mol. The van der Waals surface area contributed by atoms with E-state index in [1.54, 1.807) is 18.3 Å². The molecular weight excluding hydrogens is 246 g/mol. The second-order valence-corrected chi connectivity index (χ2v) is 2.74. The van der Waals surface area contributed by atoms with Gasteiger partial charge in [0.2, 0.25) is 5.88 Å². The van der Waals surface area contributed by atoms with E-state index in [1.807, 2.05) is 0 Å². The van der Waals surface area contributed by atoms with Crippen LogP contribution in [0.2, 0.25) is 5.02 Å². The fraction of sp³-hybridized carbons (Fsp3) is 0.375. The zero-order valence-corrected chi connectivity index (χ0v) is 9.87. The van der Waals surface area contributed by atoms with Crippen molar-refractivity contribution in [2.45, 2.75) is 6.42 Å². The van der Waals surface area contributed by atoms with Crippen LogP contribution < -0.4 is 10.5 Å². The van der Waals surface area contributed by atoms with E-state index in [1.165, 1.54) is 0 Å². The number of pyridine rings is 1. The molecule has 1 heterocycles. The van der Waals surface area contributed by atoms with E-state index in [0.29, 0.717) is 24.1 Å². The van der Waals surface area contributed by atoms with Gasteiger partial charge >= 0.3 is 0 Å². The lowest BCUT2D eigenvalue weighted by molar-refractivity contribution is 0.301. The van der Waals surface area contributed by atoms with Crippen molar-refractivity contribution < 1.29 is 4.74 Å². The minimum absolute atomic E-state index is 0. The number of nitrogens with zero attached hydrogens (tertiary/aromatic N) is 1. The van der Waals surface area contributed by atoms with Gasteiger partial charge in [0.15, 0.2) is 0 Å².